The molecule has 1 aliphatic rings. The Balaban J connectivity index is 2.17. The van der Waals surface area contributed by atoms with Gasteiger partial charge < -0.3 is 0 Å². The highest BCUT2D eigenvalue weighted by Gasteiger charge is 2.24. The quantitative estimate of drug-likeness (QED) is 0.345. The van der Waals surface area contributed by atoms with Crippen molar-refractivity contribution in [3.63, 3.8) is 0 Å². The van der Waals surface area contributed by atoms with Gasteiger partial charge in [0.25, 0.3) is 0 Å². The van der Waals surface area contributed by atoms with Crippen molar-refractivity contribution in [2.45, 2.75) is 0 Å². The van der Waals surface area contributed by atoms with Gasteiger partial charge in [0.05, 0.1) is 0 Å². The molecule has 0 heteroatoms. The normalized spacial score (nSPS) is 12.4. The van der Waals surface area contributed by atoms with Crippen LogP contribution >= 0.6 is 0 Å². The summed E-state index contributed by atoms with van der Waals surface area (Å²) in [6, 6.07) is 22.2. The van der Waals surface area contributed by atoms with E-state index in [2.05, 4.69) is 60.7 Å². The lowest BCUT2D eigenvalue weighted by Gasteiger charge is -2.09. The molecule has 5 aromatic rings. The molecule has 0 radical (unpaired) electrons. The molecule has 0 aliphatic heterocycles. The van der Waals surface area contributed by atoms with Crippen molar-refractivity contribution in [2.75, 3.05) is 0 Å². The Hall–Kier alpha value is -2.34. The first-order valence-electron chi connectivity index (χ1n) is 6.31. The van der Waals surface area contributed by atoms with Crippen LogP contribution in [-0.4, -0.2) is 0 Å². The van der Waals surface area contributed by atoms with Crippen molar-refractivity contribution in [3.05, 3.63) is 60.7 Å². The Labute approximate surface area is 105 Å². The van der Waals surface area contributed by atoms with Gasteiger partial charge in [0, 0.05) is 0 Å². The van der Waals surface area contributed by atoms with Crippen LogP contribution in [0.1, 0.15) is 0 Å². The van der Waals surface area contributed by atoms with E-state index < -0.39 is 0 Å². The Bertz CT molecular complexity index is 823. The minimum absolute atomic E-state index is 1.35. The van der Waals surface area contributed by atoms with Crippen LogP contribution in [-0.2, 0) is 0 Å². The molecule has 5 aromatic carbocycles. The molecule has 82 valence electrons. The summed E-state index contributed by atoms with van der Waals surface area (Å²) in [7, 11) is 0. The van der Waals surface area contributed by atoms with Gasteiger partial charge in [-0.3, -0.25) is 0 Å². The van der Waals surface area contributed by atoms with E-state index in [0.29, 0.717) is 0 Å². The highest BCUT2D eigenvalue weighted by atomic mass is 14.3. The zero-order valence-electron chi connectivity index (χ0n) is 9.77. The lowest BCUT2D eigenvalue weighted by Crippen LogP contribution is -1.82. The Morgan fingerprint density at radius 1 is 0.444 bits per heavy atom. The molecule has 1 aliphatic carbocycles. The maximum atomic E-state index is 2.25. The zero-order chi connectivity index (χ0) is 11.7. The molecular formula is C18H10. The number of benzene rings is 5. The summed E-state index contributed by atoms with van der Waals surface area (Å²) in [6.07, 6.45) is 0. The smallest absolute Gasteiger partial charge is 0.00201 e. The van der Waals surface area contributed by atoms with Crippen LogP contribution in [0.2, 0.25) is 0 Å². The summed E-state index contributed by atoms with van der Waals surface area (Å²) >= 11 is 0. The summed E-state index contributed by atoms with van der Waals surface area (Å²) in [6.45, 7) is 0. The fraction of sp³-hybridized carbons (Fsp3) is 0. The van der Waals surface area contributed by atoms with Crippen molar-refractivity contribution >= 4 is 21.5 Å². The zero-order valence-corrected chi connectivity index (χ0v) is 9.77. The van der Waals surface area contributed by atoms with Gasteiger partial charge in [-0.2, -0.15) is 0 Å². The van der Waals surface area contributed by atoms with Gasteiger partial charge in [-0.05, 0) is 43.8 Å². The van der Waals surface area contributed by atoms with Crippen LogP contribution in [0.25, 0.3) is 43.8 Å². The van der Waals surface area contributed by atoms with E-state index in [0.717, 1.165) is 0 Å². The fourth-order valence-electron chi connectivity index (χ4n) is 3.43. The van der Waals surface area contributed by atoms with Crippen molar-refractivity contribution in [1.29, 1.82) is 0 Å². The van der Waals surface area contributed by atoms with Crippen LogP contribution in [0.3, 0.4) is 0 Å². The molecule has 0 nitrogen and oxygen atoms in total. The topological polar surface area (TPSA) is 0 Å². The number of rotatable bonds is 0. The lowest BCUT2D eigenvalue weighted by molar-refractivity contribution is 1.74. The number of hydrogen-bond donors (Lipinski definition) is 0. The van der Waals surface area contributed by atoms with Crippen LogP contribution in [0, 0.1) is 0 Å². The molecule has 0 fully saturated rings. The maximum Gasteiger partial charge on any atom is -0.00201 e. The molecule has 0 saturated heterocycles. The van der Waals surface area contributed by atoms with E-state index >= 15 is 0 Å². The third-order valence-corrected chi connectivity index (χ3v) is 4.16. The van der Waals surface area contributed by atoms with Gasteiger partial charge in [0.1, 0.15) is 0 Å². The van der Waals surface area contributed by atoms with Crippen LogP contribution in [0.15, 0.2) is 60.7 Å². The first-order chi connectivity index (χ1) is 8.93. The first-order valence-corrected chi connectivity index (χ1v) is 6.31. The highest BCUT2D eigenvalue weighted by Crippen LogP contribution is 2.51. The first kappa shape index (κ1) is 8.71. The monoisotopic (exact) mass is 226 g/mol. The second-order valence-electron chi connectivity index (χ2n) is 5.04. The van der Waals surface area contributed by atoms with Crippen molar-refractivity contribution in [1.82, 2.24) is 0 Å². The minimum atomic E-state index is 1.35. The molecule has 6 rings (SSSR count). The van der Waals surface area contributed by atoms with Gasteiger partial charge >= 0.3 is 0 Å². The van der Waals surface area contributed by atoms with E-state index in [9.17, 15) is 0 Å². The summed E-state index contributed by atoms with van der Waals surface area (Å²) < 4.78 is 0. The van der Waals surface area contributed by atoms with Crippen LogP contribution in [0.5, 0.6) is 0 Å². The third kappa shape index (κ3) is 0.820. The second-order valence-corrected chi connectivity index (χ2v) is 5.04. The predicted molar refractivity (Wildman–Crippen MR) is 77.1 cm³/mol. The SMILES string of the molecule is c1cc2c3c(cccc3c1)-c1c-2c2ccc1cc2. The molecule has 2 bridgehead atoms. The highest BCUT2D eigenvalue weighted by molar-refractivity contribution is 6.22. The van der Waals surface area contributed by atoms with Crippen molar-refractivity contribution in [2.24, 2.45) is 0 Å². The fourth-order valence-corrected chi connectivity index (χ4v) is 3.43. The maximum absolute atomic E-state index is 2.25. The molecule has 0 amide bonds. The Kier molecular flexibility index (Phi) is 1.32. The predicted octanol–water partition coefficient (Wildman–Crippen LogP) is 5.08. The van der Waals surface area contributed by atoms with Gasteiger partial charge in [0.15, 0.2) is 0 Å². The van der Waals surface area contributed by atoms with Gasteiger partial charge in [-0.15, -0.1) is 0 Å². The summed E-state index contributed by atoms with van der Waals surface area (Å²) in [5.41, 5.74) is 5.67. The average Bonchev–Trinajstić information content (AvgIpc) is 2.80. The van der Waals surface area contributed by atoms with E-state index in [1.54, 1.807) is 0 Å². The molecular weight excluding hydrogens is 216 g/mol. The number of fused-ring (bicyclic) bond motifs is 2. The summed E-state index contributed by atoms with van der Waals surface area (Å²) in [5.74, 6) is 0. The molecule has 0 aromatic heterocycles. The van der Waals surface area contributed by atoms with Crippen LogP contribution < -0.4 is 0 Å². The van der Waals surface area contributed by atoms with Gasteiger partial charge in [-0.25, -0.2) is 0 Å². The van der Waals surface area contributed by atoms with Crippen LogP contribution in [0.4, 0.5) is 0 Å². The molecule has 18 heavy (non-hydrogen) atoms. The second kappa shape index (κ2) is 2.73. The van der Waals surface area contributed by atoms with E-state index in [1.807, 2.05) is 0 Å². The number of hydrogen-bond acceptors (Lipinski definition) is 0. The van der Waals surface area contributed by atoms with E-state index in [4.69, 9.17) is 0 Å². The third-order valence-electron chi connectivity index (χ3n) is 4.16. The molecule has 0 unspecified atom stereocenters. The largest absolute Gasteiger partial charge is 0.0610 e. The van der Waals surface area contributed by atoms with Crippen molar-refractivity contribution in [3.8, 4) is 22.3 Å². The standard InChI is InChI=1S/C18H10/c1-3-11-4-2-6-15-16(11)14(5-1)17-12-7-9-13(10-8-12)18(15)17/h1-10H. The molecule has 0 spiro atoms. The molecule has 0 saturated carbocycles. The van der Waals surface area contributed by atoms with Gasteiger partial charge in [-0.1, -0.05) is 60.7 Å². The van der Waals surface area contributed by atoms with E-state index in [1.165, 1.54) is 43.8 Å². The minimum Gasteiger partial charge on any atom is -0.0610 e. The molecule has 0 atom stereocenters. The van der Waals surface area contributed by atoms with E-state index in [-0.39, 0.29) is 0 Å². The average molecular weight is 226 g/mol. The molecule has 0 N–H and O–H groups in total. The van der Waals surface area contributed by atoms with Crippen molar-refractivity contribution < 1.29 is 0 Å². The Morgan fingerprint density at radius 3 is 1.44 bits per heavy atom. The summed E-state index contributed by atoms with van der Waals surface area (Å²) in [4.78, 5) is 0. The lowest BCUT2D eigenvalue weighted by atomic mass is 9.94. The Morgan fingerprint density at radius 2 is 0.944 bits per heavy atom. The molecule has 0 heterocycles. The summed E-state index contributed by atoms with van der Waals surface area (Å²) in [5, 5.41) is 5.47. The van der Waals surface area contributed by atoms with Gasteiger partial charge in [0.2, 0.25) is 0 Å².